The van der Waals surface area contributed by atoms with E-state index in [0.29, 0.717) is 12.2 Å². The summed E-state index contributed by atoms with van der Waals surface area (Å²) in [6.07, 6.45) is 12.5. The molecule has 0 atom stereocenters. The molecule has 21 heavy (non-hydrogen) atoms. The van der Waals surface area contributed by atoms with Crippen molar-refractivity contribution >= 4 is 12.0 Å². The van der Waals surface area contributed by atoms with Crippen LogP contribution in [0, 0.1) is 0 Å². The molecule has 2 nitrogen and oxygen atoms in total. The fraction of sp³-hybridized carbons (Fsp3) is 0.211. The maximum absolute atomic E-state index is 12.0. The molecule has 0 saturated carbocycles. The third-order valence-electron chi connectivity index (χ3n) is 2.74. The Labute approximate surface area is 127 Å². The summed E-state index contributed by atoms with van der Waals surface area (Å²) in [5.74, 6) is -0.306. The van der Waals surface area contributed by atoms with E-state index in [1.54, 1.807) is 24.3 Å². The topological polar surface area (TPSA) is 26.3 Å². The summed E-state index contributed by atoms with van der Waals surface area (Å²) in [5.41, 5.74) is 1.60. The summed E-state index contributed by atoms with van der Waals surface area (Å²) in [6.45, 7) is 6.13. The monoisotopic (exact) mass is 282 g/mol. The summed E-state index contributed by atoms with van der Waals surface area (Å²) in [4.78, 5) is 12.0. The molecule has 0 aliphatic rings. The summed E-state index contributed by atoms with van der Waals surface area (Å²) in [7, 11) is 0. The average Bonchev–Trinajstić information content (AvgIpc) is 2.51. The molecule has 0 bridgehead atoms. The van der Waals surface area contributed by atoms with Crippen LogP contribution in [0.15, 0.2) is 72.9 Å². The van der Waals surface area contributed by atoms with Crippen LogP contribution in [0.25, 0.3) is 6.08 Å². The van der Waals surface area contributed by atoms with Gasteiger partial charge in [-0.1, -0.05) is 74.6 Å². The highest BCUT2D eigenvalue weighted by Crippen LogP contribution is 2.06. The van der Waals surface area contributed by atoms with Crippen LogP contribution >= 0.6 is 0 Å². The maximum atomic E-state index is 12.0. The van der Waals surface area contributed by atoms with Crippen molar-refractivity contribution in [1.82, 2.24) is 0 Å². The Bertz CT molecular complexity index is 522. The van der Waals surface area contributed by atoms with Gasteiger partial charge in [0.25, 0.3) is 0 Å². The Morgan fingerprint density at radius 2 is 2.00 bits per heavy atom. The van der Waals surface area contributed by atoms with E-state index in [2.05, 4.69) is 13.5 Å². The van der Waals surface area contributed by atoms with Gasteiger partial charge in [0.15, 0.2) is 0 Å². The maximum Gasteiger partial charge on any atom is 0.338 e. The van der Waals surface area contributed by atoms with Crippen molar-refractivity contribution in [3.8, 4) is 0 Å². The molecule has 0 heterocycles. The number of hydrogen-bond acceptors (Lipinski definition) is 2. The molecule has 0 radical (unpaired) electrons. The molecule has 2 heteroatoms. The van der Waals surface area contributed by atoms with Gasteiger partial charge in [0, 0.05) is 0 Å². The highest BCUT2D eigenvalue weighted by atomic mass is 16.5. The average molecular weight is 282 g/mol. The normalized spacial score (nSPS) is 12.0. The van der Waals surface area contributed by atoms with Gasteiger partial charge in [0.2, 0.25) is 0 Å². The van der Waals surface area contributed by atoms with Gasteiger partial charge in [-0.25, -0.2) is 4.79 Å². The fourth-order valence-electron chi connectivity index (χ4n) is 1.58. The number of hydrogen-bond donors (Lipinski definition) is 0. The first-order chi connectivity index (χ1) is 10.3. The molecule has 0 saturated heterocycles. The van der Waals surface area contributed by atoms with Crippen molar-refractivity contribution < 1.29 is 9.53 Å². The number of rotatable bonds is 8. The minimum atomic E-state index is -0.306. The van der Waals surface area contributed by atoms with Gasteiger partial charge in [-0.3, -0.25) is 0 Å². The van der Waals surface area contributed by atoms with E-state index in [1.165, 1.54) is 0 Å². The highest BCUT2D eigenvalue weighted by molar-refractivity contribution is 5.92. The fourth-order valence-corrected chi connectivity index (χ4v) is 1.58. The van der Waals surface area contributed by atoms with Crippen molar-refractivity contribution in [1.29, 1.82) is 0 Å². The number of esters is 1. The molecule has 0 unspecified atom stereocenters. The summed E-state index contributed by atoms with van der Waals surface area (Å²) < 4.78 is 5.22. The lowest BCUT2D eigenvalue weighted by molar-refractivity contribution is -0.138. The minimum Gasteiger partial charge on any atom is -0.462 e. The molecule has 0 N–H and O–H groups in total. The van der Waals surface area contributed by atoms with Crippen molar-refractivity contribution in [2.24, 2.45) is 0 Å². The van der Waals surface area contributed by atoms with Crippen molar-refractivity contribution in [3.05, 3.63) is 78.4 Å². The van der Waals surface area contributed by atoms with E-state index in [9.17, 15) is 4.79 Å². The van der Waals surface area contributed by atoms with Crippen LogP contribution in [0.4, 0.5) is 0 Å². The van der Waals surface area contributed by atoms with Crippen LogP contribution in [-0.4, -0.2) is 12.6 Å². The second-order valence-corrected chi connectivity index (χ2v) is 4.48. The van der Waals surface area contributed by atoms with Gasteiger partial charge in [-0.05, 0) is 24.1 Å². The molecular formula is C19H22O2. The number of ether oxygens (including phenoxy) is 1. The number of unbranched alkanes of at least 4 members (excludes halogenated alkanes) is 1. The van der Waals surface area contributed by atoms with Crippen molar-refractivity contribution in [2.45, 2.75) is 19.8 Å². The minimum absolute atomic E-state index is 0.306. The van der Waals surface area contributed by atoms with Gasteiger partial charge < -0.3 is 4.74 Å². The lowest BCUT2D eigenvalue weighted by Crippen LogP contribution is -2.07. The van der Waals surface area contributed by atoms with Crippen LogP contribution in [0.3, 0.4) is 0 Å². The predicted octanol–water partition coefficient (Wildman–Crippen LogP) is 4.71. The molecular weight excluding hydrogens is 260 g/mol. The molecule has 0 aliphatic heterocycles. The molecule has 1 aromatic carbocycles. The number of benzene rings is 1. The van der Waals surface area contributed by atoms with E-state index in [4.69, 9.17) is 4.74 Å². The molecule has 0 aliphatic carbocycles. The molecule has 110 valence electrons. The van der Waals surface area contributed by atoms with E-state index < -0.39 is 0 Å². The molecule has 0 spiro atoms. The molecule has 1 rings (SSSR count). The SMILES string of the molecule is C=CC=CC(=CC=Cc1ccccc1)C(=O)OCCCC. The van der Waals surface area contributed by atoms with E-state index in [0.717, 1.165) is 18.4 Å². The number of carbonyl (C=O) groups is 1. The van der Waals surface area contributed by atoms with Crippen LogP contribution in [-0.2, 0) is 9.53 Å². The number of carbonyl (C=O) groups excluding carboxylic acids is 1. The zero-order valence-electron chi connectivity index (χ0n) is 12.5. The summed E-state index contributed by atoms with van der Waals surface area (Å²) >= 11 is 0. The lowest BCUT2D eigenvalue weighted by atomic mass is 10.2. The van der Waals surface area contributed by atoms with Crippen molar-refractivity contribution in [3.63, 3.8) is 0 Å². The molecule has 0 fully saturated rings. The first kappa shape index (κ1) is 16.7. The van der Waals surface area contributed by atoms with Gasteiger partial charge in [-0.2, -0.15) is 0 Å². The molecule has 1 aromatic rings. The highest BCUT2D eigenvalue weighted by Gasteiger charge is 2.06. The summed E-state index contributed by atoms with van der Waals surface area (Å²) in [6, 6.07) is 9.92. The van der Waals surface area contributed by atoms with Gasteiger partial charge in [0.05, 0.1) is 12.2 Å². The second kappa shape index (κ2) is 10.4. The van der Waals surface area contributed by atoms with E-state index in [1.807, 2.05) is 42.5 Å². The van der Waals surface area contributed by atoms with Crippen LogP contribution in [0.5, 0.6) is 0 Å². The number of allylic oxidation sites excluding steroid dienone is 4. The molecule has 0 amide bonds. The first-order valence-corrected chi connectivity index (χ1v) is 7.17. The van der Waals surface area contributed by atoms with Crippen LogP contribution < -0.4 is 0 Å². The largest absolute Gasteiger partial charge is 0.462 e. The third-order valence-corrected chi connectivity index (χ3v) is 2.74. The smallest absolute Gasteiger partial charge is 0.338 e. The first-order valence-electron chi connectivity index (χ1n) is 7.17. The third kappa shape index (κ3) is 7.11. The standard InChI is InChI=1S/C19H22O2/c1-3-5-14-18(19(20)21-16-6-4-2)15-10-13-17-11-8-7-9-12-17/h3,5,7-15H,1,4,6,16H2,2H3. The second-order valence-electron chi connectivity index (χ2n) is 4.48. The zero-order valence-corrected chi connectivity index (χ0v) is 12.5. The van der Waals surface area contributed by atoms with Crippen LogP contribution in [0.1, 0.15) is 25.3 Å². The Kier molecular flexibility index (Phi) is 8.30. The molecule has 0 aromatic heterocycles. The Balaban J connectivity index is 2.74. The Morgan fingerprint density at radius 3 is 2.67 bits per heavy atom. The van der Waals surface area contributed by atoms with E-state index in [-0.39, 0.29) is 5.97 Å². The van der Waals surface area contributed by atoms with Gasteiger partial charge in [-0.15, -0.1) is 0 Å². The van der Waals surface area contributed by atoms with Crippen molar-refractivity contribution in [2.75, 3.05) is 6.61 Å². The zero-order chi connectivity index (χ0) is 15.3. The van der Waals surface area contributed by atoms with Crippen LogP contribution in [0.2, 0.25) is 0 Å². The summed E-state index contributed by atoms with van der Waals surface area (Å²) in [5, 5.41) is 0. The Morgan fingerprint density at radius 1 is 1.24 bits per heavy atom. The lowest BCUT2D eigenvalue weighted by Gasteiger charge is -2.03. The van der Waals surface area contributed by atoms with Gasteiger partial charge in [0.1, 0.15) is 0 Å². The predicted molar refractivity (Wildman–Crippen MR) is 88.8 cm³/mol. The van der Waals surface area contributed by atoms with Gasteiger partial charge >= 0.3 is 5.97 Å². The van der Waals surface area contributed by atoms with E-state index >= 15 is 0 Å². The Hall–Kier alpha value is -2.35. The quantitative estimate of drug-likeness (QED) is 0.299.